The molecule has 0 saturated carbocycles. The Hall–Kier alpha value is -0.640. The van der Waals surface area contributed by atoms with Crippen molar-refractivity contribution in [3.05, 3.63) is 24.3 Å². The van der Waals surface area contributed by atoms with Gasteiger partial charge < -0.3 is 19.5 Å². The molecule has 0 fully saturated rings. The van der Waals surface area contributed by atoms with Crippen LogP contribution in [0.15, 0.2) is 24.3 Å². The minimum atomic E-state index is -0.0784. The number of ether oxygens (including phenoxy) is 3. The number of hydrogen-bond donors (Lipinski definition) is 2. The molecule has 0 radical (unpaired) electrons. The third kappa shape index (κ3) is 14.9. The van der Waals surface area contributed by atoms with Gasteiger partial charge in [-0.2, -0.15) is 0 Å². The van der Waals surface area contributed by atoms with Crippen molar-refractivity contribution in [1.29, 1.82) is 0 Å². The first-order chi connectivity index (χ1) is 13.8. The van der Waals surface area contributed by atoms with E-state index in [0.29, 0.717) is 32.3 Å². The minimum Gasteiger partial charge on any atom is -0.490 e. The van der Waals surface area contributed by atoms with Gasteiger partial charge in [-0.25, -0.2) is 0 Å². The van der Waals surface area contributed by atoms with E-state index in [0.717, 1.165) is 24.6 Å². The van der Waals surface area contributed by atoms with Crippen LogP contribution in [-0.4, -0.2) is 56.8 Å². The van der Waals surface area contributed by atoms with Crippen molar-refractivity contribution in [3.63, 3.8) is 0 Å². The van der Waals surface area contributed by atoms with Crippen molar-refractivity contribution >= 4 is 27.3 Å². The Balaban J connectivity index is 2.48. The number of benzene rings is 1. The molecule has 1 rings (SSSR count). The first-order valence-electron chi connectivity index (χ1n) is 10.1. The summed E-state index contributed by atoms with van der Waals surface area (Å²) in [7, 11) is 5.39. The Bertz CT molecular complexity index is 542. The summed E-state index contributed by atoms with van der Waals surface area (Å²) in [6.07, 6.45) is 0. The first kappa shape index (κ1) is 26.4. The lowest BCUT2D eigenvalue weighted by Crippen LogP contribution is -2.21. The molecule has 0 bridgehead atoms. The lowest BCUT2D eigenvalue weighted by molar-refractivity contribution is 0.0165. The van der Waals surface area contributed by atoms with Crippen molar-refractivity contribution in [2.75, 3.05) is 52.1 Å². The average molecular weight is 447 g/mol. The SMILES string of the molecule is CNCCONc1cccc(OCC(OCCOCC(C)C)SSC(C)(C)C)c1. The zero-order valence-corrected chi connectivity index (χ0v) is 20.3. The molecular formula is C21H38N2O4S2. The van der Waals surface area contributed by atoms with Crippen molar-refractivity contribution in [3.8, 4) is 5.75 Å². The largest absolute Gasteiger partial charge is 0.490 e. The van der Waals surface area contributed by atoms with Gasteiger partial charge in [0.2, 0.25) is 0 Å². The minimum absolute atomic E-state index is 0.0784. The van der Waals surface area contributed by atoms with Crippen LogP contribution in [0.3, 0.4) is 0 Å². The van der Waals surface area contributed by atoms with Crippen molar-refractivity contribution < 1.29 is 19.0 Å². The summed E-state index contributed by atoms with van der Waals surface area (Å²) in [6.45, 7) is 14.6. The lowest BCUT2D eigenvalue weighted by atomic mass is 10.2. The van der Waals surface area contributed by atoms with Gasteiger partial charge >= 0.3 is 0 Å². The highest BCUT2D eigenvalue weighted by Gasteiger charge is 2.18. The van der Waals surface area contributed by atoms with Gasteiger partial charge in [0.15, 0.2) is 0 Å². The van der Waals surface area contributed by atoms with E-state index in [2.05, 4.69) is 45.4 Å². The Labute approximate surface area is 184 Å². The third-order valence-electron chi connectivity index (χ3n) is 3.25. The van der Waals surface area contributed by atoms with Crippen LogP contribution in [0.4, 0.5) is 5.69 Å². The molecule has 0 aromatic heterocycles. The van der Waals surface area contributed by atoms with Crippen LogP contribution in [-0.2, 0) is 14.3 Å². The molecule has 2 N–H and O–H groups in total. The Morgan fingerprint density at radius 2 is 1.86 bits per heavy atom. The van der Waals surface area contributed by atoms with Crippen molar-refractivity contribution in [1.82, 2.24) is 5.32 Å². The molecule has 0 heterocycles. The fourth-order valence-electron chi connectivity index (χ4n) is 1.96. The highest BCUT2D eigenvalue weighted by Crippen LogP contribution is 2.38. The maximum atomic E-state index is 6.01. The van der Waals surface area contributed by atoms with Gasteiger partial charge in [-0.1, -0.05) is 62.3 Å². The second-order valence-corrected chi connectivity index (χ2v) is 11.1. The fraction of sp³-hybridized carbons (Fsp3) is 0.714. The highest BCUT2D eigenvalue weighted by molar-refractivity contribution is 8.77. The smallest absolute Gasteiger partial charge is 0.147 e. The van der Waals surface area contributed by atoms with E-state index in [4.69, 9.17) is 19.0 Å². The molecule has 8 heteroatoms. The van der Waals surface area contributed by atoms with E-state index >= 15 is 0 Å². The molecule has 1 unspecified atom stereocenters. The number of nitrogens with one attached hydrogen (secondary N) is 2. The van der Waals surface area contributed by atoms with E-state index in [9.17, 15) is 0 Å². The van der Waals surface area contributed by atoms with Gasteiger partial charge in [-0.05, 0) is 25.1 Å². The van der Waals surface area contributed by atoms with Crippen LogP contribution in [0.25, 0.3) is 0 Å². The molecule has 0 aliphatic heterocycles. The molecule has 0 aliphatic carbocycles. The maximum absolute atomic E-state index is 6.01. The van der Waals surface area contributed by atoms with E-state index in [1.165, 1.54) is 0 Å². The van der Waals surface area contributed by atoms with Crippen LogP contribution >= 0.6 is 21.6 Å². The second kappa shape index (κ2) is 15.2. The van der Waals surface area contributed by atoms with Gasteiger partial charge in [0.25, 0.3) is 0 Å². The second-order valence-electron chi connectivity index (χ2n) is 7.95. The lowest BCUT2D eigenvalue weighted by Gasteiger charge is -2.22. The zero-order valence-electron chi connectivity index (χ0n) is 18.7. The first-order valence-corrected chi connectivity index (χ1v) is 12.3. The molecule has 1 aromatic rings. The Morgan fingerprint density at radius 1 is 1.07 bits per heavy atom. The summed E-state index contributed by atoms with van der Waals surface area (Å²) in [5.41, 5.74) is 3.71. The summed E-state index contributed by atoms with van der Waals surface area (Å²) >= 11 is 0. The van der Waals surface area contributed by atoms with Gasteiger partial charge in [0.05, 0.1) is 25.5 Å². The Kier molecular flexibility index (Phi) is 13.8. The third-order valence-corrected chi connectivity index (χ3v) is 6.77. The predicted octanol–water partition coefficient (Wildman–Crippen LogP) is 4.82. The van der Waals surface area contributed by atoms with Crippen LogP contribution in [0.1, 0.15) is 34.6 Å². The van der Waals surface area contributed by atoms with E-state index in [1.54, 1.807) is 21.6 Å². The molecule has 168 valence electrons. The molecular weight excluding hydrogens is 408 g/mol. The van der Waals surface area contributed by atoms with E-state index in [1.807, 2.05) is 31.3 Å². The molecule has 0 aliphatic rings. The summed E-state index contributed by atoms with van der Waals surface area (Å²) in [5, 5.41) is 3.03. The standard InChI is InChI=1S/C21H38N2O4S2/c1-17(2)15-24-12-13-25-20(28-29-21(3,4)5)16-26-19-9-7-8-18(14-19)23-27-11-10-22-6/h7-9,14,17,20,22-23H,10-13,15-16H2,1-6H3. The number of rotatable bonds is 16. The van der Waals surface area contributed by atoms with E-state index in [-0.39, 0.29) is 10.2 Å². The number of anilines is 1. The molecule has 0 amide bonds. The Morgan fingerprint density at radius 3 is 2.55 bits per heavy atom. The van der Waals surface area contributed by atoms with Crippen LogP contribution in [0, 0.1) is 5.92 Å². The van der Waals surface area contributed by atoms with Crippen LogP contribution in [0.5, 0.6) is 5.75 Å². The normalized spacial score (nSPS) is 12.9. The molecule has 0 saturated heterocycles. The molecule has 29 heavy (non-hydrogen) atoms. The van der Waals surface area contributed by atoms with E-state index < -0.39 is 0 Å². The van der Waals surface area contributed by atoms with Gasteiger partial charge in [0.1, 0.15) is 17.8 Å². The monoisotopic (exact) mass is 446 g/mol. The summed E-state index contributed by atoms with van der Waals surface area (Å²) in [4.78, 5) is 5.40. The van der Waals surface area contributed by atoms with Gasteiger partial charge in [-0.15, -0.1) is 0 Å². The quantitative estimate of drug-likeness (QED) is 0.162. The van der Waals surface area contributed by atoms with Crippen LogP contribution in [0.2, 0.25) is 0 Å². The van der Waals surface area contributed by atoms with Crippen molar-refractivity contribution in [2.45, 2.75) is 44.8 Å². The van der Waals surface area contributed by atoms with Crippen molar-refractivity contribution in [2.24, 2.45) is 5.92 Å². The summed E-state index contributed by atoms with van der Waals surface area (Å²) in [6, 6.07) is 7.73. The predicted molar refractivity (Wildman–Crippen MR) is 126 cm³/mol. The molecule has 1 aromatic carbocycles. The van der Waals surface area contributed by atoms with Crippen LogP contribution < -0.4 is 15.5 Å². The average Bonchev–Trinajstić information content (AvgIpc) is 2.66. The molecule has 6 nitrogen and oxygen atoms in total. The summed E-state index contributed by atoms with van der Waals surface area (Å²) < 4.78 is 17.8. The summed E-state index contributed by atoms with van der Waals surface area (Å²) in [5.74, 6) is 1.31. The topological polar surface area (TPSA) is 61.0 Å². The maximum Gasteiger partial charge on any atom is 0.147 e. The molecule has 1 atom stereocenters. The molecule has 0 spiro atoms. The fourth-order valence-corrected chi connectivity index (χ4v) is 4.15. The van der Waals surface area contributed by atoms with Gasteiger partial charge in [0, 0.05) is 24.0 Å². The van der Waals surface area contributed by atoms with Gasteiger partial charge in [-0.3, -0.25) is 10.3 Å². The highest BCUT2D eigenvalue weighted by atomic mass is 33.1. The zero-order chi connectivity index (χ0) is 21.5. The number of likely N-dealkylation sites (N-methyl/N-ethyl adjacent to an activating group) is 1. The number of hydrogen-bond acceptors (Lipinski definition) is 8.